The average Bonchev–Trinajstić information content (AvgIpc) is 3.35. The van der Waals surface area contributed by atoms with Gasteiger partial charge in [-0.3, -0.25) is 9.36 Å². The van der Waals surface area contributed by atoms with Crippen LogP contribution in [0.4, 0.5) is 0 Å². The van der Waals surface area contributed by atoms with Crippen molar-refractivity contribution in [2.75, 3.05) is 40.9 Å². The lowest BCUT2D eigenvalue weighted by Crippen LogP contribution is -2.51. The first-order chi connectivity index (χ1) is 35.4. The van der Waals surface area contributed by atoms with Crippen molar-refractivity contribution in [2.45, 2.75) is 283 Å². The normalized spacial score (nSPS) is 14.8. The molecule has 0 heterocycles. The Hall–Kier alpha value is -2.10. The summed E-state index contributed by atoms with van der Waals surface area (Å²) in [5, 5.41) is 24.7. The molecule has 0 spiro atoms. The first-order valence-corrected chi connectivity index (χ1v) is 31.8. The van der Waals surface area contributed by atoms with Gasteiger partial charge in [-0.15, -0.1) is 0 Å². The van der Waals surface area contributed by atoms with E-state index in [1.807, 2.05) is 28.1 Å². The van der Waals surface area contributed by atoms with Crippen LogP contribution in [0.2, 0.25) is 0 Å². The van der Waals surface area contributed by atoms with Crippen LogP contribution in [0.1, 0.15) is 264 Å². The van der Waals surface area contributed by atoms with E-state index in [9.17, 15) is 24.5 Å². The lowest BCUT2D eigenvalue weighted by molar-refractivity contribution is -0.870. The molecule has 0 aromatic rings. The fourth-order valence-corrected chi connectivity index (χ4v) is 9.50. The largest absolute Gasteiger partial charge is 0.756 e. The quantitative estimate of drug-likeness (QED) is 0.0240. The second-order valence-electron chi connectivity index (χ2n) is 21.8. The van der Waals surface area contributed by atoms with Crippen LogP contribution in [0, 0.1) is 0 Å². The van der Waals surface area contributed by atoms with Crippen molar-refractivity contribution < 1.29 is 38.0 Å². The molecule has 0 fully saturated rings. The molecule has 0 aromatic heterocycles. The Morgan fingerprint density at radius 2 is 0.890 bits per heavy atom. The van der Waals surface area contributed by atoms with Crippen LogP contribution in [0.15, 0.2) is 72.9 Å². The predicted octanol–water partition coefficient (Wildman–Crippen LogP) is 17.0. The monoisotopic (exact) mass is 1040 g/mol. The highest BCUT2D eigenvalue weighted by atomic mass is 31.2. The number of carbonyl (C=O) groups is 1. The van der Waals surface area contributed by atoms with Gasteiger partial charge in [-0.05, 0) is 96.8 Å². The number of unbranched alkanes of at least 4 members (excludes halogenated alkanes) is 30. The van der Waals surface area contributed by atoms with Crippen LogP contribution >= 0.6 is 7.82 Å². The summed E-state index contributed by atoms with van der Waals surface area (Å²) in [6, 6.07) is -1.10. The Balaban J connectivity index is 4.01. The molecule has 0 aliphatic rings. The number of hydrogen-bond acceptors (Lipinski definition) is 7. The third kappa shape index (κ3) is 54.5. The minimum Gasteiger partial charge on any atom is -0.756 e. The SMILES string of the molecule is C/C=C/CC/C=C/CC/C=C/CCCC(O)C(O)C(COP(=O)([O-])OCC[N+](C)(C)C)NC(=O)CCCCCCCCCCCCCCCCCCCCCCCC/C=C\C/C=C\C/C=C\CCCCCCC. The van der Waals surface area contributed by atoms with E-state index < -0.39 is 32.7 Å². The van der Waals surface area contributed by atoms with Crippen molar-refractivity contribution in [1.29, 1.82) is 0 Å². The fourth-order valence-electron chi connectivity index (χ4n) is 8.77. The van der Waals surface area contributed by atoms with E-state index in [2.05, 4.69) is 85.2 Å². The van der Waals surface area contributed by atoms with Crippen LogP contribution < -0.4 is 10.2 Å². The van der Waals surface area contributed by atoms with Gasteiger partial charge in [0.25, 0.3) is 7.82 Å². The summed E-state index contributed by atoms with van der Waals surface area (Å²) in [6.45, 7) is 4.19. The van der Waals surface area contributed by atoms with Gasteiger partial charge in [0.1, 0.15) is 19.3 Å². The number of nitrogens with zero attached hydrogens (tertiary/aromatic N) is 1. The zero-order valence-electron chi connectivity index (χ0n) is 48.2. The highest BCUT2D eigenvalue weighted by Crippen LogP contribution is 2.38. The molecule has 0 rings (SSSR count). The molecule has 0 aromatic carbocycles. The zero-order valence-corrected chi connectivity index (χ0v) is 49.1. The van der Waals surface area contributed by atoms with Crippen LogP contribution in [0.25, 0.3) is 0 Å². The molecule has 4 atom stereocenters. The van der Waals surface area contributed by atoms with Crippen molar-refractivity contribution in [3.63, 3.8) is 0 Å². The van der Waals surface area contributed by atoms with E-state index in [0.29, 0.717) is 30.3 Å². The molecule has 0 radical (unpaired) electrons. The Bertz CT molecular complexity index is 1440. The van der Waals surface area contributed by atoms with E-state index in [-0.39, 0.29) is 18.9 Å². The molecular formula is C63H117N2O7P. The molecule has 0 saturated carbocycles. The van der Waals surface area contributed by atoms with Crippen molar-refractivity contribution >= 4 is 13.7 Å². The number of phosphoric acid groups is 1. The van der Waals surface area contributed by atoms with Gasteiger partial charge in [0.15, 0.2) is 0 Å². The molecule has 9 nitrogen and oxygen atoms in total. The molecule has 0 bridgehead atoms. The maximum atomic E-state index is 13.0. The smallest absolute Gasteiger partial charge is 0.268 e. The van der Waals surface area contributed by atoms with Gasteiger partial charge in [-0.1, -0.05) is 234 Å². The number of rotatable bonds is 55. The number of aliphatic hydroxyl groups is 2. The lowest BCUT2D eigenvalue weighted by atomic mass is 10.0. The van der Waals surface area contributed by atoms with Gasteiger partial charge in [-0.25, -0.2) is 0 Å². The third-order valence-electron chi connectivity index (χ3n) is 13.6. The van der Waals surface area contributed by atoms with Crippen LogP contribution in [-0.4, -0.2) is 79.8 Å². The van der Waals surface area contributed by atoms with Gasteiger partial charge < -0.3 is 34.0 Å². The molecule has 0 aliphatic heterocycles. The minimum absolute atomic E-state index is 0.0513. The first kappa shape index (κ1) is 70.9. The van der Waals surface area contributed by atoms with Crippen molar-refractivity contribution in [2.24, 2.45) is 0 Å². The van der Waals surface area contributed by atoms with E-state index in [1.54, 1.807) is 0 Å². The Morgan fingerprint density at radius 1 is 0.521 bits per heavy atom. The van der Waals surface area contributed by atoms with E-state index in [1.165, 1.54) is 161 Å². The molecular weight excluding hydrogens is 928 g/mol. The zero-order chi connectivity index (χ0) is 53.6. The molecule has 0 saturated heterocycles. The van der Waals surface area contributed by atoms with Crippen molar-refractivity contribution in [3.05, 3.63) is 72.9 Å². The first-order valence-electron chi connectivity index (χ1n) is 30.3. The van der Waals surface area contributed by atoms with E-state index in [4.69, 9.17) is 9.05 Å². The molecule has 0 aliphatic carbocycles. The summed E-state index contributed by atoms with van der Waals surface area (Å²) >= 11 is 0. The molecule has 426 valence electrons. The predicted molar refractivity (Wildman–Crippen MR) is 313 cm³/mol. The van der Waals surface area contributed by atoms with Gasteiger partial charge >= 0.3 is 0 Å². The number of likely N-dealkylation sites (N-methyl/N-ethyl adjacent to an activating group) is 1. The topological polar surface area (TPSA) is 128 Å². The fraction of sp³-hybridized carbons (Fsp3) is 0.794. The lowest BCUT2D eigenvalue weighted by Gasteiger charge is -2.31. The van der Waals surface area contributed by atoms with Gasteiger partial charge in [-0.2, -0.15) is 0 Å². The maximum absolute atomic E-state index is 13.0. The maximum Gasteiger partial charge on any atom is 0.268 e. The number of nitrogens with one attached hydrogen (secondary N) is 1. The van der Waals surface area contributed by atoms with E-state index in [0.717, 1.165) is 64.2 Å². The number of amides is 1. The van der Waals surface area contributed by atoms with Crippen molar-refractivity contribution in [3.8, 4) is 0 Å². The van der Waals surface area contributed by atoms with Crippen LogP contribution in [-0.2, 0) is 18.4 Å². The summed E-state index contributed by atoms with van der Waals surface area (Å²) in [7, 11) is 1.09. The standard InChI is InChI=1S/C63H117N2O7P/c1-6-8-10-12-14-16-18-20-21-22-23-24-25-26-27-28-29-30-31-32-33-34-35-36-37-38-39-40-41-42-43-44-46-48-50-52-54-56-62(67)64-60(59-72-73(69,70)71-58-57-65(3,4)5)63(68)61(66)55-53-51-49-47-45-19-17-15-13-11-9-7-2/h7,9,15,17-18,20,22-23,25-26,47,49,60-61,63,66,68H,6,8,10-14,16,19,21,24,27-46,48,50-59H2,1-5H3,(H-,64,67,69,70)/b9-7+,17-15+,20-18-,23-22-,26-25-,49-47+. The van der Waals surface area contributed by atoms with Gasteiger partial charge in [0.05, 0.1) is 39.9 Å². The van der Waals surface area contributed by atoms with Crippen molar-refractivity contribution in [1.82, 2.24) is 5.32 Å². The molecule has 1 amide bonds. The summed E-state index contributed by atoms with van der Waals surface area (Å²) in [6.07, 6.45) is 70.2. The Kier molecular flexibility index (Phi) is 51.8. The third-order valence-corrected chi connectivity index (χ3v) is 14.5. The molecule has 4 unspecified atom stereocenters. The van der Waals surface area contributed by atoms with Gasteiger partial charge in [0, 0.05) is 6.42 Å². The summed E-state index contributed by atoms with van der Waals surface area (Å²) < 4.78 is 23.2. The Morgan fingerprint density at radius 3 is 1.33 bits per heavy atom. The Labute approximate surface area is 451 Å². The van der Waals surface area contributed by atoms with Crippen LogP contribution in [0.5, 0.6) is 0 Å². The van der Waals surface area contributed by atoms with E-state index >= 15 is 0 Å². The number of allylic oxidation sites excluding steroid dienone is 12. The summed E-state index contributed by atoms with van der Waals surface area (Å²) in [5.41, 5.74) is 0. The number of quaternary nitrogens is 1. The number of phosphoric ester groups is 1. The van der Waals surface area contributed by atoms with Gasteiger partial charge in [0.2, 0.25) is 5.91 Å². The minimum atomic E-state index is -4.69. The summed E-state index contributed by atoms with van der Waals surface area (Å²) in [4.78, 5) is 25.5. The van der Waals surface area contributed by atoms with Crippen LogP contribution in [0.3, 0.4) is 0 Å². The molecule has 73 heavy (non-hydrogen) atoms. The molecule has 3 N–H and O–H groups in total. The number of carbonyl (C=O) groups excluding carboxylic acids is 1. The highest BCUT2D eigenvalue weighted by Gasteiger charge is 2.29. The molecule has 10 heteroatoms. The number of hydrogen-bond donors (Lipinski definition) is 3. The highest BCUT2D eigenvalue weighted by molar-refractivity contribution is 7.45. The number of aliphatic hydroxyl groups excluding tert-OH is 2. The summed E-state index contributed by atoms with van der Waals surface area (Å²) in [5.74, 6) is -0.294. The average molecular weight is 1050 g/mol. The second kappa shape index (κ2) is 53.3. The second-order valence-corrected chi connectivity index (χ2v) is 23.2.